The summed E-state index contributed by atoms with van der Waals surface area (Å²) in [5, 5.41) is 4.82. The van der Waals surface area contributed by atoms with Gasteiger partial charge in [-0.15, -0.1) is 5.10 Å². The highest BCUT2D eigenvalue weighted by Crippen LogP contribution is 2.17. The fraction of sp³-hybridized carbons (Fsp3) is 0.333. The first-order chi connectivity index (χ1) is 12.3. The number of aryl methyl sites for hydroxylation is 2. The van der Waals surface area contributed by atoms with Gasteiger partial charge in [-0.05, 0) is 43.5 Å². The molecule has 26 heavy (non-hydrogen) atoms. The molecule has 0 radical (unpaired) electrons. The van der Waals surface area contributed by atoms with E-state index >= 15 is 0 Å². The summed E-state index contributed by atoms with van der Waals surface area (Å²) < 4.78 is 1.62. The van der Waals surface area contributed by atoms with Gasteiger partial charge in [-0.3, -0.25) is 4.79 Å². The third-order valence-electron chi connectivity index (χ3n) is 4.39. The SMILES string of the molecule is Cc1nc2nc(N)nn2c(C)c1CCC(=O)N(C)Cc1cccc(Cl)c1. The summed E-state index contributed by atoms with van der Waals surface area (Å²) in [7, 11) is 1.79. The predicted octanol–water partition coefficient (Wildman–Crippen LogP) is 2.57. The lowest BCUT2D eigenvalue weighted by atomic mass is 10.1. The number of amides is 1. The van der Waals surface area contributed by atoms with E-state index in [2.05, 4.69) is 15.1 Å². The lowest BCUT2D eigenvalue weighted by Crippen LogP contribution is -2.26. The van der Waals surface area contributed by atoms with Crippen molar-refractivity contribution in [1.82, 2.24) is 24.5 Å². The van der Waals surface area contributed by atoms with Crippen molar-refractivity contribution < 1.29 is 4.79 Å². The molecular weight excluding hydrogens is 352 g/mol. The second-order valence-electron chi connectivity index (χ2n) is 6.32. The zero-order valence-electron chi connectivity index (χ0n) is 15.0. The van der Waals surface area contributed by atoms with Crippen molar-refractivity contribution in [1.29, 1.82) is 0 Å². The fourth-order valence-electron chi connectivity index (χ4n) is 3.01. The van der Waals surface area contributed by atoms with E-state index in [9.17, 15) is 4.79 Å². The average molecular weight is 373 g/mol. The normalized spacial score (nSPS) is 11.1. The van der Waals surface area contributed by atoms with Gasteiger partial charge in [0, 0.05) is 36.4 Å². The first-order valence-corrected chi connectivity index (χ1v) is 8.69. The Balaban J connectivity index is 1.70. The second-order valence-corrected chi connectivity index (χ2v) is 6.76. The Labute approximate surface area is 156 Å². The van der Waals surface area contributed by atoms with Gasteiger partial charge in [0.1, 0.15) is 0 Å². The molecule has 7 nitrogen and oxygen atoms in total. The lowest BCUT2D eigenvalue weighted by molar-refractivity contribution is -0.130. The van der Waals surface area contributed by atoms with Gasteiger partial charge < -0.3 is 10.6 Å². The minimum Gasteiger partial charge on any atom is -0.366 e. The smallest absolute Gasteiger partial charge is 0.254 e. The number of carbonyl (C=O) groups excluding carboxylic acids is 1. The Bertz CT molecular complexity index is 968. The summed E-state index contributed by atoms with van der Waals surface area (Å²) in [4.78, 5) is 22.7. The number of hydrogen-bond donors (Lipinski definition) is 1. The highest BCUT2D eigenvalue weighted by molar-refractivity contribution is 6.30. The summed E-state index contributed by atoms with van der Waals surface area (Å²) in [5.41, 5.74) is 9.39. The molecule has 0 saturated heterocycles. The first-order valence-electron chi connectivity index (χ1n) is 8.32. The highest BCUT2D eigenvalue weighted by atomic mass is 35.5. The van der Waals surface area contributed by atoms with Crippen molar-refractivity contribution in [3.05, 3.63) is 51.8 Å². The van der Waals surface area contributed by atoms with Crippen molar-refractivity contribution >= 4 is 29.2 Å². The van der Waals surface area contributed by atoms with Crippen LogP contribution in [0.2, 0.25) is 5.02 Å². The molecule has 1 aromatic carbocycles. The van der Waals surface area contributed by atoms with Crippen LogP contribution in [0, 0.1) is 13.8 Å². The summed E-state index contributed by atoms with van der Waals surface area (Å²) in [6.45, 7) is 4.37. The van der Waals surface area contributed by atoms with Crippen LogP contribution in [0.15, 0.2) is 24.3 Å². The van der Waals surface area contributed by atoms with Crippen molar-refractivity contribution in [2.75, 3.05) is 12.8 Å². The van der Waals surface area contributed by atoms with Crippen LogP contribution in [-0.4, -0.2) is 37.4 Å². The molecule has 0 aliphatic carbocycles. The van der Waals surface area contributed by atoms with E-state index in [1.165, 1.54) is 0 Å². The van der Waals surface area contributed by atoms with Crippen LogP contribution in [0.1, 0.15) is 28.9 Å². The Morgan fingerprint density at radius 2 is 2.08 bits per heavy atom. The van der Waals surface area contributed by atoms with Gasteiger partial charge >= 0.3 is 0 Å². The maximum Gasteiger partial charge on any atom is 0.254 e. The molecule has 136 valence electrons. The topological polar surface area (TPSA) is 89.4 Å². The van der Waals surface area contributed by atoms with Crippen molar-refractivity contribution in [3.8, 4) is 0 Å². The molecule has 0 atom stereocenters. The molecule has 0 aliphatic rings. The van der Waals surface area contributed by atoms with Gasteiger partial charge in [0.05, 0.1) is 0 Å². The van der Waals surface area contributed by atoms with E-state index < -0.39 is 0 Å². The third-order valence-corrected chi connectivity index (χ3v) is 4.62. The minimum atomic E-state index is 0.0574. The molecule has 2 aromatic heterocycles. The molecule has 0 fully saturated rings. The summed E-state index contributed by atoms with van der Waals surface area (Å²) in [5.74, 6) is 0.724. The summed E-state index contributed by atoms with van der Waals surface area (Å²) in [6.07, 6.45) is 0.967. The third kappa shape index (κ3) is 3.77. The van der Waals surface area contributed by atoms with Crippen LogP contribution in [0.3, 0.4) is 0 Å². The van der Waals surface area contributed by atoms with Gasteiger partial charge in [-0.25, -0.2) is 4.98 Å². The summed E-state index contributed by atoms with van der Waals surface area (Å²) >= 11 is 6.00. The molecule has 2 N–H and O–H groups in total. The van der Waals surface area contributed by atoms with Crippen LogP contribution in [0.25, 0.3) is 5.78 Å². The van der Waals surface area contributed by atoms with Gasteiger partial charge in [0.25, 0.3) is 5.78 Å². The number of nitrogens with two attached hydrogens (primary N) is 1. The maximum atomic E-state index is 12.5. The largest absolute Gasteiger partial charge is 0.366 e. The number of nitrogen functional groups attached to an aromatic ring is 1. The number of fused-ring (bicyclic) bond motifs is 1. The molecule has 1 amide bonds. The Kier molecular flexibility index (Phi) is 5.08. The van der Waals surface area contributed by atoms with Crippen LogP contribution in [0.5, 0.6) is 0 Å². The Morgan fingerprint density at radius 1 is 1.31 bits per heavy atom. The van der Waals surface area contributed by atoms with Gasteiger partial charge in [0.15, 0.2) is 0 Å². The zero-order valence-corrected chi connectivity index (χ0v) is 15.8. The van der Waals surface area contributed by atoms with Crippen molar-refractivity contribution in [2.45, 2.75) is 33.2 Å². The van der Waals surface area contributed by atoms with E-state index in [4.69, 9.17) is 17.3 Å². The van der Waals surface area contributed by atoms with Crippen LogP contribution in [-0.2, 0) is 17.8 Å². The molecule has 0 saturated carbocycles. The van der Waals surface area contributed by atoms with Crippen LogP contribution < -0.4 is 5.73 Å². The predicted molar refractivity (Wildman–Crippen MR) is 101 cm³/mol. The highest BCUT2D eigenvalue weighted by Gasteiger charge is 2.15. The molecule has 0 spiro atoms. The minimum absolute atomic E-state index is 0.0574. The van der Waals surface area contributed by atoms with E-state index in [0.717, 1.165) is 22.5 Å². The van der Waals surface area contributed by atoms with Crippen molar-refractivity contribution in [3.63, 3.8) is 0 Å². The molecule has 3 aromatic rings. The van der Waals surface area contributed by atoms with E-state index in [0.29, 0.717) is 30.2 Å². The van der Waals surface area contributed by atoms with Crippen LogP contribution in [0.4, 0.5) is 5.95 Å². The van der Waals surface area contributed by atoms with Gasteiger partial charge in [-0.2, -0.15) is 9.50 Å². The average Bonchev–Trinajstić information content (AvgIpc) is 2.94. The second kappa shape index (κ2) is 7.29. The lowest BCUT2D eigenvalue weighted by Gasteiger charge is -2.18. The number of aromatic nitrogens is 4. The van der Waals surface area contributed by atoms with Gasteiger partial charge in [0.2, 0.25) is 11.9 Å². The van der Waals surface area contributed by atoms with Crippen LogP contribution >= 0.6 is 11.6 Å². The van der Waals surface area contributed by atoms with Gasteiger partial charge in [-0.1, -0.05) is 23.7 Å². The quantitative estimate of drug-likeness (QED) is 0.743. The number of benzene rings is 1. The molecular formula is C18H21ClN6O. The Hall–Kier alpha value is -2.67. The summed E-state index contributed by atoms with van der Waals surface area (Å²) in [6, 6.07) is 7.52. The number of rotatable bonds is 5. The molecule has 0 unspecified atom stereocenters. The molecule has 8 heteroatoms. The monoisotopic (exact) mass is 372 g/mol. The Morgan fingerprint density at radius 3 is 2.81 bits per heavy atom. The van der Waals surface area contributed by atoms with E-state index in [1.807, 2.05) is 38.1 Å². The van der Waals surface area contributed by atoms with Crippen molar-refractivity contribution in [2.24, 2.45) is 0 Å². The fourth-order valence-corrected chi connectivity index (χ4v) is 3.22. The standard InChI is InChI=1S/C18H21ClN6O/c1-11-15(12(2)25-18(21-11)22-17(20)23-25)7-8-16(26)24(3)10-13-5-4-6-14(19)9-13/h4-6,9H,7-8,10H2,1-3H3,(H2,20,23). The zero-order chi connectivity index (χ0) is 18.8. The number of nitrogens with zero attached hydrogens (tertiary/aromatic N) is 5. The molecule has 0 bridgehead atoms. The number of anilines is 1. The number of hydrogen-bond acceptors (Lipinski definition) is 5. The molecule has 0 aliphatic heterocycles. The first kappa shape index (κ1) is 18.1. The number of halogens is 1. The number of carbonyl (C=O) groups is 1. The van der Waals surface area contributed by atoms with E-state index in [-0.39, 0.29) is 11.9 Å². The molecule has 2 heterocycles. The molecule has 3 rings (SSSR count). The maximum absolute atomic E-state index is 12.5. The van der Waals surface area contributed by atoms with E-state index in [1.54, 1.807) is 16.5 Å².